The van der Waals surface area contributed by atoms with Gasteiger partial charge in [-0.3, -0.25) is 0 Å². The summed E-state index contributed by atoms with van der Waals surface area (Å²) in [6.45, 7) is 12.5. The predicted molar refractivity (Wildman–Crippen MR) is 140 cm³/mol. The lowest BCUT2D eigenvalue weighted by Gasteiger charge is -2.34. The van der Waals surface area contributed by atoms with Crippen LogP contribution in [-0.2, 0) is 9.53 Å². The second-order valence-electron chi connectivity index (χ2n) is 10.2. The lowest BCUT2D eigenvalue weighted by molar-refractivity contribution is -0.132. The maximum absolute atomic E-state index is 11.8. The molecule has 0 saturated heterocycles. The first kappa shape index (κ1) is 25.8. The van der Waals surface area contributed by atoms with Gasteiger partial charge in [-0.2, -0.15) is 0 Å². The molecule has 0 radical (unpaired) electrons. The van der Waals surface area contributed by atoms with Crippen LogP contribution >= 0.6 is 0 Å². The summed E-state index contributed by atoms with van der Waals surface area (Å²) in [6.07, 6.45) is 5.47. The lowest BCUT2D eigenvalue weighted by Crippen LogP contribution is -2.34. The van der Waals surface area contributed by atoms with Gasteiger partial charge in [0.15, 0.2) is 0 Å². The van der Waals surface area contributed by atoms with Gasteiger partial charge in [-0.1, -0.05) is 52.3 Å². The van der Waals surface area contributed by atoms with Crippen LogP contribution < -0.4 is 9.64 Å². The van der Waals surface area contributed by atoms with Crippen molar-refractivity contribution in [2.24, 2.45) is 5.41 Å². The molecule has 0 spiro atoms. The molecule has 1 aliphatic heterocycles. The van der Waals surface area contributed by atoms with Crippen molar-refractivity contribution in [2.45, 2.75) is 53.4 Å². The Kier molecular flexibility index (Phi) is 9.17. The molecule has 184 valence electrons. The quantitative estimate of drug-likeness (QED) is 0.397. The molecule has 3 rings (SSSR count). The van der Waals surface area contributed by atoms with Crippen LogP contribution in [0.15, 0.2) is 48.0 Å². The van der Waals surface area contributed by atoms with Crippen LogP contribution in [0.1, 0.15) is 58.9 Å². The number of fused-ring (bicyclic) bond motifs is 1. The SMILES string of the molecule is CCCCOCCOc1ccc(-c2ccc3c(c2)/C=C(/C(=O)O)CCCN3CC(C)(C)C)cc1. The molecule has 34 heavy (non-hydrogen) atoms. The number of rotatable bonds is 10. The number of carboxylic acid groups (broad SMARTS) is 1. The molecule has 5 nitrogen and oxygen atoms in total. The minimum absolute atomic E-state index is 0.144. The zero-order chi connectivity index (χ0) is 24.6. The van der Waals surface area contributed by atoms with Crippen molar-refractivity contribution >= 4 is 17.7 Å². The van der Waals surface area contributed by atoms with Gasteiger partial charge >= 0.3 is 5.97 Å². The van der Waals surface area contributed by atoms with Gasteiger partial charge in [-0.25, -0.2) is 4.79 Å². The van der Waals surface area contributed by atoms with Crippen molar-refractivity contribution in [2.75, 3.05) is 37.8 Å². The first-order chi connectivity index (χ1) is 16.3. The molecular weight excluding hydrogens is 426 g/mol. The first-order valence-corrected chi connectivity index (χ1v) is 12.4. The predicted octanol–water partition coefficient (Wildman–Crippen LogP) is 6.66. The third-order valence-corrected chi connectivity index (χ3v) is 5.84. The van der Waals surface area contributed by atoms with Gasteiger partial charge in [-0.05, 0) is 71.7 Å². The summed E-state index contributed by atoms with van der Waals surface area (Å²) in [5.41, 5.74) is 4.81. The molecular formula is C29H39NO4. The van der Waals surface area contributed by atoms with Crippen LogP contribution in [0.4, 0.5) is 5.69 Å². The Morgan fingerprint density at radius 1 is 1.03 bits per heavy atom. The summed E-state index contributed by atoms with van der Waals surface area (Å²) in [5.74, 6) is -0.0145. The first-order valence-electron chi connectivity index (χ1n) is 12.4. The van der Waals surface area contributed by atoms with E-state index in [2.05, 4.69) is 50.8 Å². The highest BCUT2D eigenvalue weighted by Gasteiger charge is 2.22. The molecule has 2 aromatic carbocycles. The molecule has 0 amide bonds. The number of hydrogen-bond donors (Lipinski definition) is 1. The Morgan fingerprint density at radius 2 is 1.76 bits per heavy atom. The molecule has 0 aliphatic carbocycles. The molecule has 0 unspecified atom stereocenters. The topological polar surface area (TPSA) is 59.0 Å². The number of carbonyl (C=O) groups is 1. The van der Waals surface area contributed by atoms with Crippen molar-refractivity contribution in [3.05, 3.63) is 53.6 Å². The van der Waals surface area contributed by atoms with Crippen molar-refractivity contribution in [3.8, 4) is 16.9 Å². The van der Waals surface area contributed by atoms with Gasteiger partial charge in [-0.15, -0.1) is 0 Å². The van der Waals surface area contributed by atoms with E-state index in [0.29, 0.717) is 25.2 Å². The Morgan fingerprint density at radius 3 is 2.44 bits per heavy atom. The summed E-state index contributed by atoms with van der Waals surface area (Å²) in [6, 6.07) is 14.4. The second kappa shape index (κ2) is 12.1. The molecule has 1 aliphatic rings. The van der Waals surface area contributed by atoms with Gasteiger partial charge in [0.2, 0.25) is 0 Å². The average molecular weight is 466 g/mol. The monoisotopic (exact) mass is 465 g/mol. The normalized spacial score (nSPS) is 15.6. The van der Waals surface area contributed by atoms with E-state index in [1.165, 1.54) is 0 Å². The number of anilines is 1. The third-order valence-electron chi connectivity index (χ3n) is 5.84. The van der Waals surface area contributed by atoms with Crippen LogP contribution in [-0.4, -0.2) is 44.0 Å². The third kappa shape index (κ3) is 7.63. The Balaban J connectivity index is 1.80. The van der Waals surface area contributed by atoms with Crippen molar-refractivity contribution < 1.29 is 19.4 Å². The number of hydrogen-bond acceptors (Lipinski definition) is 4. The van der Waals surface area contributed by atoms with E-state index in [1.54, 1.807) is 0 Å². The van der Waals surface area contributed by atoms with E-state index < -0.39 is 5.97 Å². The van der Waals surface area contributed by atoms with E-state index in [9.17, 15) is 9.90 Å². The van der Waals surface area contributed by atoms with Gasteiger partial charge < -0.3 is 19.5 Å². The molecule has 5 heteroatoms. The summed E-state index contributed by atoms with van der Waals surface area (Å²) < 4.78 is 11.3. The summed E-state index contributed by atoms with van der Waals surface area (Å²) in [4.78, 5) is 14.2. The largest absolute Gasteiger partial charge is 0.491 e. The van der Waals surface area contributed by atoms with Crippen LogP contribution in [0.25, 0.3) is 17.2 Å². The number of benzene rings is 2. The second-order valence-corrected chi connectivity index (χ2v) is 10.2. The molecule has 0 bridgehead atoms. The zero-order valence-corrected chi connectivity index (χ0v) is 21.1. The molecule has 0 atom stereocenters. The van der Waals surface area contributed by atoms with E-state index >= 15 is 0 Å². The van der Waals surface area contributed by atoms with Crippen molar-refractivity contribution in [1.82, 2.24) is 0 Å². The highest BCUT2D eigenvalue weighted by Crippen LogP contribution is 2.34. The maximum Gasteiger partial charge on any atom is 0.331 e. The van der Waals surface area contributed by atoms with E-state index in [1.807, 2.05) is 30.3 Å². The highest BCUT2D eigenvalue weighted by molar-refractivity contribution is 5.94. The van der Waals surface area contributed by atoms with Gasteiger partial charge in [0.05, 0.1) is 6.61 Å². The summed E-state index contributed by atoms with van der Waals surface area (Å²) in [5, 5.41) is 9.68. The number of unbranched alkanes of at least 4 members (excludes halogenated alkanes) is 1. The maximum atomic E-state index is 11.8. The number of aliphatic carboxylic acids is 1. The van der Waals surface area contributed by atoms with E-state index in [0.717, 1.165) is 67.1 Å². The minimum atomic E-state index is -0.833. The smallest absolute Gasteiger partial charge is 0.331 e. The van der Waals surface area contributed by atoms with Gasteiger partial charge in [0.1, 0.15) is 12.4 Å². The fourth-order valence-corrected chi connectivity index (χ4v) is 4.19. The van der Waals surface area contributed by atoms with Gasteiger partial charge in [0, 0.05) is 31.0 Å². The standard InChI is InChI=1S/C29H39NO4/c1-5-6-16-33-17-18-34-26-12-9-22(10-13-26)23-11-14-27-25(19-23)20-24(28(31)32)8-7-15-30(27)21-29(2,3)4/h9-14,19-20H,5-8,15-18,21H2,1-4H3,(H,31,32)/b24-20+. The van der Waals surface area contributed by atoms with Crippen molar-refractivity contribution in [3.63, 3.8) is 0 Å². The molecule has 2 aromatic rings. The summed E-state index contributed by atoms with van der Waals surface area (Å²) >= 11 is 0. The Bertz CT molecular complexity index is 973. The highest BCUT2D eigenvalue weighted by atomic mass is 16.5. The molecule has 0 fully saturated rings. The van der Waals surface area contributed by atoms with Crippen LogP contribution in [0.2, 0.25) is 0 Å². The summed E-state index contributed by atoms with van der Waals surface area (Å²) in [7, 11) is 0. The fourth-order valence-electron chi connectivity index (χ4n) is 4.19. The van der Waals surface area contributed by atoms with Crippen LogP contribution in [0, 0.1) is 5.41 Å². The van der Waals surface area contributed by atoms with E-state index in [4.69, 9.17) is 9.47 Å². The minimum Gasteiger partial charge on any atom is -0.491 e. The van der Waals surface area contributed by atoms with Gasteiger partial charge in [0.25, 0.3) is 0 Å². The number of nitrogens with zero attached hydrogens (tertiary/aromatic N) is 1. The number of carboxylic acids is 1. The van der Waals surface area contributed by atoms with Crippen LogP contribution in [0.3, 0.4) is 0 Å². The fraction of sp³-hybridized carbons (Fsp3) is 0.483. The Hall–Kier alpha value is -2.79. The molecule has 0 aromatic heterocycles. The average Bonchev–Trinajstić information content (AvgIpc) is 2.78. The Labute approximate surface area is 204 Å². The molecule has 1 N–H and O–H groups in total. The van der Waals surface area contributed by atoms with E-state index in [-0.39, 0.29) is 5.41 Å². The number of ether oxygens (including phenoxy) is 2. The molecule has 0 saturated carbocycles. The lowest BCUT2D eigenvalue weighted by atomic mass is 9.93. The van der Waals surface area contributed by atoms with Crippen LogP contribution in [0.5, 0.6) is 5.75 Å². The van der Waals surface area contributed by atoms with Crippen molar-refractivity contribution in [1.29, 1.82) is 0 Å². The zero-order valence-electron chi connectivity index (χ0n) is 21.1. The molecule has 1 heterocycles.